The molecule has 88 valence electrons. The first-order valence-corrected chi connectivity index (χ1v) is 6.03. The van der Waals surface area contributed by atoms with Crippen LogP contribution in [0.4, 0.5) is 0 Å². The third-order valence-corrected chi connectivity index (χ3v) is 2.53. The lowest BCUT2D eigenvalue weighted by Crippen LogP contribution is -2.24. The third kappa shape index (κ3) is 4.96. The highest BCUT2D eigenvalue weighted by atomic mass is 16.1. The normalized spacial score (nSPS) is 10.4. The molecule has 0 aromatic heterocycles. The van der Waals surface area contributed by atoms with Crippen molar-refractivity contribution in [3.05, 3.63) is 35.9 Å². The number of carbonyl (C=O) groups excluding carboxylic acids is 1. The lowest BCUT2D eigenvalue weighted by molar-refractivity contribution is 0.0953. The number of amides is 1. The highest BCUT2D eigenvalue weighted by molar-refractivity contribution is 5.94. The predicted octanol–water partition coefficient (Wildman–Crippen LogP) is 3.24. The van der Waals surface area contributed by atoms with Crippen LogP contribution in [0.5, 0.6) is 0 Å². The summed E-state index contributed by atoms with van der Waals surface area (Å²) >= 11 is 0. The zero-order chi connectivity index (χ0) is 11.8. The Labute approximate surface area is 98.1 Å². The van der Waals surface area contributed by atoms with Crippen molar-refractivity contribution in [2.45, 2.75) is 33.1 Å². The van der Waals surface area contributed by atoms with Gasteiger partial charge in [-0.2, -0.15) is 0 Å². The van der Waals surface area contributed by atoms with Gasteiger partial charge in [-0.05, 0) is 24.5 Å². The van der Waals surface area contributed by atoms with Crippen LogP contribution in [0, 0.1) is 5.92 Å². The highest BCUT2D eigenvalue weighted by Gasteiger charge is 2.02. The second kappa shape index (κ2) is 7.04. The van der Waals surface area contributed by atoms with E-state index in [1.54, 1.807) is 0 Å². The fourth-order valence-electron chi connectivity index (χ4n) is 1.57. The molecule has 0 aliphatic carbocycles. The minimum atomic E-state index is 0.0325. The molecule has 1 aromatic carbocycles. The van der Waals surface area contributed by atoms with Crippen LogP contribution in [0.15, 0.2) is 30.3 Å². The lowest BCUT2D eigenvalue weighted by Gasteiger charge is -2.06. The Bertz CT molecular complexity index is 306. The van der Waals surface area contributed by atoms with Crippen molar-refractivity contribution in [2.75, 3.05) is 6.54 Å². The summed E-state index contributed by atoms with van der Waals surface area (Å²) in [6.45, 7) is 5.23. The minimum absolute atomic E-state index is 0.0325. The van der Waals surface area contributed by atoms with Gasteiger partial charge in [-0.15, -0.1) is 0 Å². The van der Waals surface area contributed by atoms with E-state index in [0.29, 0.717) is 0 Å². The molecule has 0 bridgehead atoms. The Kier molecular flexibility index (Phi) is 5.62. The zero-order valence-electron chi connectivity index (χ0n) is 10.2. The summed E-state index contributed by atoms with van der Waals surface area (Å²) < 4.78 is 0. The van der Waals surface area contributed by atoms with Gasteiger partial charge in [0, 0.05) is 12.1 Å². The molecule has 0 saturated carbocycles. The maximum absolute atomic E-state index is 11.6. The number of rotatable bonds is 6. The van der Waals surface area contributed by atoms with Crippen LogP contribution in [0.2, 0.25) is 0 Å². The van der Waals surface area contributed by atoms with Crippen LogP contribution in [-0.2, 0) is 0 Å². The van der Waals surface area contributed by atoms with Crippen molar-refractivity contribution in [3.8, 4) is 0 Å². The van der Waals surface area contributed by atoms with Crippen LogP contribution in [-0.4, -0.2) is 12.5 Å². The largest absolute Gasteiger partial charge is 0.352 e. The topological polar surface area (TPSA) is 29.1 Å². The van der Waals surface area contributed by atoms with Crippen molar-refractivity contribution < 1.29 is 4.79 Å². The second-order valence-electron chi connectivity index (χ2n) is 4.51. The van der Waals surface area contributed by atoms with Crippen molar-refractivity contribution in [1.29, 1.82) is 0 Å². The van der Waals surface area contributed by atoms with Gasteiger partial charge < -0.3 is 5.32 Å². The van der Waals surface area contributed by atoms with Gasteiger partial charge >= 0.3 is 0 Å². The van der Waals surface area contributed by atoms with Gasteiger partial charge in [0.15, 0.2) is 0 Å². The van der Waals surface area contributed by atoms with Gasteiger partial charge in [0.25, 0.3) is 5.91 Å². The molecule has 1 aromatic rings. The van der Waals surface area contributed by atoms with Crippen molar-refractivity contribution in [1.82, 2.24) is 5.32 Å². The minimum Gasteiger partial charge on any atom is -0.352 e. The molecule has 1 rings (SSSR count). The molecule has 0 aliphatic heterocycles. The number of carbonyl (C=O) groups is 1. The number of nitrogens with one attached hydrogen (secondary N) is 1. The summed E-state index contributed by atoms with van der Waals surface area (Å²) in [6.07, 6.45) is 3.49. The molecule has 0 aliphatic rings. The maximum atomic E-state index is 11.6. The van der Waals surface area contributed by atoms with Crippen LogP contribution < -0.4 is 5.32 Å². The summed E-state index contributed by atoms with van der Waals surface area (Å²) in [5.74, 6) is 0.787. The predicted molar refractivity (Wildman–Crippen MR) is 67.5 cm³/mol. The molecule has 0 atom stereocenters. The molecule has 0 saturated heterocycles. The molecular weight excluding hydrogens is 198 g/mol. The van der Waals surface area contributed by atoms with E-state index < -0.39 is 0 Å². The van der Waals surface area contributed by atoms with E-state index in [4.69, 9.17) is 0 Å². The monoisotopic (exact) mass is 219 g/mol. The average Bonchev–Trinajstić information content (AvgIpc) is 2.29. The number of hydrogen-bond acceptors (Lipinski definition) is 1. The van der Waals surface area contributed by atoms with E-state index in [9.17, 15) is 4.79 Å². The molecule has 0 fully saturated rings. The maximum Gasteiger partial charge on any atom is 0.251 e. The Morgan fingerprint density at radius 2 is 1.88 bits per heavy atom. The summed E-state index contributed by atoms with van der Waals surface area (Å²) in [7, 11) is 0. The smallest absolute Gasteiger partial charge is 0.251 e. The van der Waals surface area contributed by atoms with Crippen LogP contribution in [0.25, 0.3) is 0 Å². The average molecular weight is 219 g/mol. The summed E-state index contributed by atoms with van der Waals surface area (Å²) in [4.78, 5) is 11.6. The van der Waals surface area contributed by atoms with Gasteiger partial charge in [0.2, 0.25) is 0 Å². The van der Waals surface area contributed by atoms with Crippen molar-refractivity contribution in [2.24, 2.45) is 5.92 Å². The first-order valence-electron chi connectivity index (χ1n) is 6.03. The van der Waals surface area contributed by atoms with E-state index in [0.717, 1.165) is 24.4 Å². The third-order valence-electron chi connectivity index (χ3n) is 2.53. The quantitative estimate of drug-likeness (QED) is 0.731. The van der Waals surface area contributed by atoms with E-state index in [-0.39, 0.29) is 5.91 Å². The first kappa shape index (κ1) is 12.8. The number of benzene rings is 1. The molecule has 1 amide bonds. The molecule has 0 unspecified atom stereocenters. The van der Waals surface area contributed by atoms with Crippen LogP contribution in [0.1, 0.15) is 43.5 Å². The van der Waals surface area contributed by atoms with Crippen molar-refractivity contribution in [3.63, 3.8) is 0 Å². The summed E-state index contributed by atoms with van der Waals surface area (Å²) in [5.41, 5.74) is 0.742. The van der Waals surface area contributed by atoms with Gasteiger partial charge in [0.05, 0.1) is 0 Å². The molecular formula is C14H21NO. The molecule has 0 spiro atoms. The molecule has 2 nitrogen and oxygen atoms in total. The molecule has 1 N–H and O–H groups in total. The lowest BCUT2D eigenvalue weighted by atomic mass is 10.1. The van der Waals surface area contributed by atoms with Gasteiger partial charge in [0.1, 0.15) is 0 Å². The van der Waals surface area contributed by atoms with Gasteiger partial charge in [-0.1, -0.05) is 44.9 Å². The standard InChI is InChI=1S/C14H21NO/c1-12(2)8-6-7-11-15-14(16)13-9-4-3-5-10-13/h3-5,9-10,12H,6-8,11H2,1-2H3,(H,15,16). The van der Waals surface area contributed by atoms with Gasteiger partial charge in [-0.25, -0.2) is 0 Å². The molecule has 2 heteroatoms. The Morgan fingerprint density at radius 3 is 2.50 bits per heavy atom. The Hall–Kier alpha value is -1.31. The zero-order valence-corrected chi connectivity index (χ0v) is 10.2. The molecule has 0 heterocycles. The number of unbranched alkanes of at least 4 members (excludes halogenated alkanes) is 1. The van der Waals surface area contributed by atoms with E-state index in [2.05, 4.69) is 19.2 Å². The van der Waals surface area contributed by atoms with Gasteiger partial charge in [-0.3, -0.25) is 4.79 Å². The Morgan fingerprint density at radius 1 is 1.19 bits per heavy atom. The second-order valence-corrected chi connectivity index (χ2v) is 4.51. The van der Waals surface area contributed by atoms with E-state index >= 15 is 0 Å². The van der Waals surface area contributed by atoms with E-state index in [1.165, 1.54) is 12.8 Å². The number of hydrogen-bond donors (Lipinski definition) is 1. The Balaban J connectivity index is 2.16. The van der Waals surface area contributed by atoms with Crippen molar-refractivity contribution >= 4 is 5.91 Å². The van der Waals surface area contributed by atoms with Crippen LogP contribution in [0.3, 0.4) is 0 Å². The highest BCUT2D eigenvalue weighted by Crippen LogP contribution is 2.05. The summed E-state index contributed by atoms with van der Waals surface area (Å²) in [6, 6.07) is 9.35. The fraction of sp³-hybridized carbons (Fsp3) is 0.500. The summed E-state index contributed by atoms with van der Waals surface area (Å²) in [5, 5.41) is 2.93. The van der Waals surface area contributed by atoms with Crippen LogP contribution >= 0.6 is 0 Å². The SMILES string of the molecule is CC(C)CCCCNC(=O)c1ccccc1. The molecule has 0 radical (unpaired) electrons. The fourth-order valence-corrected chi connectivity index (χ4v) is 1.57. The molecule has 16 heavy (non-hydrogen) atoms. The first-order chi connectivity index (χ1) is 7.70. The van der Waals surface area contributed by atoms with E-state index in [1.807, 2.05) is 30.3 Å².